The Bertz CT molecular complexity index is 1170. The summed E-state index contributed by atoms with van der Waals surface area (Å²) in [6, 6.07) is 8.34. The average molecular weight is 420 g/mol. The van der Waals surface area contributed by atoms with Crippen molar-refractivity contribution in [2.75, 3.05) is 6.61 Å². The summed E-state index contributed by atoms with van der Waals surface area (Å²) in [5.41, 5.74) is 0.346. The summed E-state index contributed by atoms with van der Waals surface area (Å²) < 4.78 is 65.1. The molecule has 30 heavy (non-hydrogen) atoms. The Labute approximate surface area is 167 Å². The average Bonchev–Trinajstić information content (AvgIpc) is 3.35. The highest BCUT2D eigenvalue weighted by molar-refractivity contribution is 5.82. The van der Waals surface area contributed by atoms with Crippen LogP contribution in [-0.4, -0.2) is 27.2 Å². The Morgan fingerprint density at radius 2 is 1.93 bits per heavy atom. The number of fused-ring (bicyclic) bond motifs is 1. The van der Waals surface area contributed by atoms with Crippen LogP contribution in [0.15, 0.2) is 40.8 Å². The number of aryl methyl sites for hydroxylation is 2. The van der Waals surface area contributed by atoms with Crippen LogP contribution >= 0.6 is 0 Å². The lowest BCUT2D eigenvalue weighted by Gasteiger charge is -2.14. The SMILES string of the molecule is CCOc1ccc(CCc2cc3oc(-c4nn[nH]n4)cc3cc2F)cc1C(F)(F)F. The van der Waals surface area contributed by atoms with E-state index in [1.807, 2.05) is 0 Å². The van der Waals surface area contributed by atoms with Crippen molar-refractivity contribution in [3.8, 4) is 17.3 Å². The van der Waals surface area contributed by atoms with Crippen LogP contribution in [0, 0.1) is 5.82 Å². The molecule has 2 aromatic heterocycles. The van der Waals surface area contributed by atoms with Crippen LogP contribution in [0.3, 0.4) is 0 Å². The van der Waals surface area contributed by atoms with Crippen molar-refractivity contribution in [2.24, 2.45) is 0 Å². The molecule has 156 valence electrons. The molecule has 0 saturated heterocycles. The Morgan fingerprint density at radius 1 is 1.10 bits per heavy atom. The molecule has 0 spiro atoms. The maximum atomic E-state index is 14.5. The number of halogens is 4. The molecule has 0 atom stereocenters. The number of rotatable bonds is 6. The lowest BCUT2D eigenvalue weighted by atomic mass is 10.0. The summed E-state index contributed by atoms with van der Waals surface area (Å²) in [6.07, 6.45) is -4.12. The molecular formula is C20H16F4N4O2. The Hall–Kier alpha value is -3.43. The predicted octanol–water partition coefficient (Wildman–Crippen LogP) is 4.95. The molecule has 0 aliphatic carbocycles. The summed E-state index contributed by atoms with van der Waals surface area (Å²) in [4.78, 5) is 0. The highest BCUT2D eigenvalue weighted by atomic mass is 19.4. The minimum atomic E-state index is -4.54. The molecule has 0 unspecified atom stereocenters. The Balaban J connectivity index is 1.58. The van der Waals surface area contributed by atoms with Gasteiger partial charge >= 0.3 is 6.18 Å². The summed E-state index contributed by atoms with van der Waals surface area (Å²) in [5.74, 6) is -0.116. The number of ether oxygens (including phenoxy) is 1. The highest BCUT2D eigenvalue weighted by Gasteiger charge is 2.34. The first-order chi connectivity index (χ1) is 14.3. The number of benzene rings is 2. The van der Waals surface area contributed by atoms with Gasteiger partial charge < -0.3 is 9.15 Å². The molecule has 0 aliphatic rings. The van der Waals surface area contributed by atoms with Crippen LogP contribution in [0.1, 0.15) is 23.6 Å². The molecule has 4 rings (SSSR count). The summed E-state index contributed by atoms with van der Waals surface area (Å²) in [5, 5.41) is 13.9. The zero-order valence-corrected chi connectivity index (χ0v) is 15.8. The van der Waals surface area contributed by atoms with E-state index in [1.54, 1.807) is 19.1 Å². The number of hydrogen-bond acceptors (Lipinski definition) is 5. The van der Waals surface area contributed by atoms with Crippen molar-refractivity contribution in [1.29, 1.82) is 0 Å². The van der Waals surface area contributed by atoms with Crippen LogP contribution in [-0.2, 0) is 19.0 Å². The van der Waals surface area contributed by atoms with Crippen molar-refractivity contribution in [3.05, 3.63) is 58.9 Å². The monoisotopic (exact) mass is 420 g/mol. The van der Waals surface area contributed by atoms with Gasteiger partial charge in [0.2, 0.25) is 5.82 Å². The number of nitrogens with one attached hydrogen (secondary N) is 1. The molecule has 0 saturated carbocycles. The van der Waals surface area contributed by atoms with Gasteiger partial charge in [0.25, 0.3) is 0 Å². The number of alkyl halides is 3. The van der Waals surface area contributed by atoms with Gasteiger partial charge in [-0.05, 0) is 66.4 Å². The summed E-state index contributed by atoms with van der Waals surface area (Å²) in [7, 11) is 0. The molecule has 0 amide bonds. The topological polar surface area (TPSA) is 76.8 Å². The van der Waals surface area contributed by atoms with E-state index in [-0.39, 0.29) is 31.0 Å². The second kappa shape index (κ2) is 7.77. The first-order valence-corrected chi connectivity index (χ1v) is 9.14. The fourth-order valence-electron chi connectivity index (χ4n) is 3.18. The maximum Gasteiger partial charge on any atom is 0.419 e. The largest absolute Gasteiger partial charge is 0.493 e. The van der Waals surface area contributed by atoms with E-state index in [2.05, 4.69) is 20.6 Å². The summed E-state index contributed by atoms with van der Waals surface area (Å²) >= 11 is 0. The highest BCUT2D eigenvalue weighted by Crippen LogP contribution is 2.37. The van der Waals surface area contributed by atoms with Gasteiger partial charge in [0.1, 0.15) is 17.1 Å². The molecule has 0 aliphatic heterocycles. The van der Waals surface area contributed by atoms with Crippen LogP contribution < -0.4 is 4.74 Å². The number of H-pyrrole nitrogens is 1. The Kier molecular flexibility index (Phi) is 5.15. The van der Waals surface area contributed by atoms with Crippen LogP contribution in [0.2, 0.25) is 0 Å². The van der Waals surface area contributed by atoms with Gasteiger partial charge in [-0.3, -0.25) is 0 Å². The molecule has 0 fully saturated rings. The first kappa shape index (κ1) is 19.9. The third-order valence-corrected chi connectivity index (χ3v) is 4.58. The van der Waals surface area contributed by atoms with E-state index < -0.39 is 17.6 Å². The standard InChI is InChI=1S/C20H16F4N4O2/c1-2-29-16-6-4-11(7-14(16)20(22,23)24)3-5-12-9-17-13(8-15(12)21)10-18(30-17)19-25-27-28-26-19/h4,6-10H,2-3,5H2,1H3,(H,25,26,27,28). The van der Waals surface area contributed by atoms with Gasteiger partial charge in [0.05, 0.1) is 12.2 Å². The molecule has 6 nitrogen and oxygen atoms in total. The minimum absolute atomic E-state index is 0.128. The number of aromatic nitrogens is 4. The fourth-order valence-corrected chi connectivity index (χ4v) is 3.18. The molecule has 2 heterocycles. The van der Waals surface area contributed by atoms with Gasteiger partial charge in [-0.15, -0.1) is 10.2 Å². The van der Waals surface area contributed by atoms with Crippen molar-refractivity contribution in [1.82, 2.24) is 20.6 Å². The molecule has 0 bridgehead atoms. The van der Waals surface area contributed by atoms with E-state index in [4.69, 9.17) is 9.15 Å². The van der Waals surface area contributed by atoms with Gasteiger partial charge in [-0.2, -0.15) is 18.4 Å². The van der Waals surface area contributed by atoms with Gasteiger partial charge in [-0.25, -0.2) is 4.39 Å². The van der Waals surface area contributed by atoms with E-state index in [0.29, 0.717) is 27.9 Å². The normalized spacial score (nSPS) is 11.9. The molecular weight excluding hydrogens is 404 g/mol. The van der Waals surface area contributed by atoms with E-state index >= 15 is 0 Å². The quantitative estimate of drug-likeness (QED) is 0.447. The smallest absolute Gasteiger partial charge is 0.419 e. The van der Waals surface area contributed by atoms with Gasteiger partial charge in [-0.1, -0.05) is 6.07 Å². The number of furan rings is 1. The van der Waals surface area contributed by atoms with E-state index in [1.165, 1.54) is 18.2 Å². The molecule has 1 N–H and O–H groups in total. The third-order valence-electron chi connectivity index (χ3n) is 4.58. The van der Waals surface area contributed by atoms with Crippen LogP contribution in [0.4, 0.5) is 17.6 Å². The Morgan fingerprint density at radius 3 is 2.63 bits per heavy atom. The van der Waals surface area contributed by atoms with Crippen LogP contribution in [0.5, 0.6) is 5.75 Å². The predicted molar refractivity (Wildman–Crippen MR) is 99.4 cm³/mol. The summed E-state index contributed by atoms with van der Waals surface area (Å²) in [6.45, 7) is 1.74. The lowest BCUT2D eigenvalue weighted by molar-refractivity contribution is -0.139. The molecule has 10 heteroatoms. The van der Waals surface area contributed by atoms with Crippen molar-refractivity contribution < 1.29 is 26.7 Å². The zero-order valence-electron chi connectivity index (χ0n) is 15.8. The number of tetrazole rings is 1. The second-order valence-electron chi connectivity index (χ2n) is 6.59. The third kappa shape index (κ3) is 3.98. The molecule has 4 aromatic rings. The lowest BCUT2D eigenvalue weighted by Crippen LogP contribution is -2.09. The van der Waals surface area contributed by atoms with E-state index in [9.17, 15) is 17.6 Å². The number of nitrogens with zero attached hydrogens (tertiary/aromatic N) is 3. The zero-order chi connectivity index (χ0) is 21.3. The molecule has 0 radical (unpaired) electrons. The van der Waals surface area contributed by atoms with Crippen LogP contribution in [0.25, 0.3) is 22.6 Å². The van der Waals surface area contributed by atoms with Gasteiger partial charge in [0, 0.05) is 5.39 Å². The maximum absolute atomic E-state index is 14.5. The first-order valence-electron chi connectivity index (χ1n) is 9.14. The number of hydrogen-bond donors (Lipinski definition) is 1. The molecule has 2 aromatic carbocycles. The van der Waals surface area contributed by atoms with Crippen molar-refractivity contribution >= 4 is 11.0 Å². The van der Waals surface area contributed by atoms with Crippen molar-refractivity contribution in [3.63, 3.8) is 0 Å². The van der Waals surface area contributed by atoms with Crippen molar-refractivity contribution in [2.45, 2.75) is 25.9 Å². The second-order valence-corrected chi connectivity index (χ2v) is 6.59. The minimum Gasteiger partial charge on any atom is -0.493 e. The number of aromatic amines is 1. The van der Waals surface area contributed by atoms with E-state index in [0.717, 1.165) is 6.07 Å². The van der Waals surface area contributed by atoms with Gasteiger partial charge in [0.15, 0.2) is 5.76 Å². The fraction of sp³-hybridized carbons (Fsp3) is 0.250.